The smallest absolute Gasteiger partial charge is 0.204 e. The SMILES string of the molecule is COc1ccc2c(c1O)-c1c(OC)c(OC)c(OC)c3c1[C@H](C2)N(C)CC3. The molecule has 0 fully saturated rings. The van der Waals surface area contributed by atoms with E-state index >= 15 is 0 Å². The normalized spacial score (nSPS) is 17.7. The minimum atomic E-state index is 0.134. The third kappa shape index (κ3) is 2.36. The molecule has 2 aromatic carbocycles. The molecule has 1 atom stereocenters. The fourth-order valence-electron chi connectivity index (χ4n) is 4.57. The van der Waals surface area contributed by atoms with Crippen molar-refractivity contribution >= 4 is 0 Å². The maximum absolute atomic E-state index is 11.0. The number of phenolic OH excluding ortho intramolecular Hbond substituents is 1. The maximum atomic E-state index is 11.0. The van der Waals surface area contributed by atoms with Gasteiger partial charge in [-0.3, -0.25) is 4.90 Å². The lowest BCUT2D eigenvalue weighted by molar-refractivity contribution is 0.222. The Labute approximate surface area is 159 Å². The van der Waals surface area contributed by atoms with Crippen molar-refractivity contribution in [2.24, 2.45) is 0 Å². The molecule has 4 rings (SSSR count). The highest BCUT2D eigenvalue weighted by Crippen LogP contribution is 2.59. The quantitative estimate of drug-likeness (QED) is 0.891. The lowest BCUT2D eigenvalue weighted by atomic mass is 9.75. The zero-order valence-electron chi connectivity index (χ0n) is 16.4. The van der Waals surface area contributed by atoms with Crippen LogP contribution < -0.4 is 18.9 Å². The first-order valence-corrected chi connectivity index (χ1v) is 9.01. The first kappa shape index (κ1) is 17.8. The zero-order valence-corrected chi connectivity index (χ0v) is 16.4. The number of rotatable bonds is 4. The van der Waals surface area contributed by atoms with E-state index in [4.69, 9.17) is 18.9 Å². The average Bonchev–Trinajstić information content (AvgIpc) is 2.69. The van der Waals surface area contributed by atoms with Crippen LogP contribution in [-0.2, 0) is 12.8 Å². The third-order valence-corrected chi connectivity index (χ3v) is 5.81. The van der Waals surface area contributed by atoms with Crippen LogP contribution in [-0.4, -0.2) is 52.0 Å². The topological polar surface area (TPSA) is 60.4 Å². The number of benzene rings is 2. The molecule has 6 heteroatoms. The molecule has 27 heavy (non-hydrogen) atoms. The molecule has 2 aliphatic rings. The predicted molar refractivity (Wildman–Crippen MR) is 103 cm³/mol. The van der Waals surface area contributed by atoms with Gasteiger partial charge in [0.2, 0.25) is 5.75 Å². The van der Waals surface area contributed by atoms with Crippen LogP contribution in [0.25, 0.3) is 11.1 Å². The number of aromatic hydroxyl groups is 1. The summed E-state index contributed by atoms with van der Waals surface area (Å²) in [5, 5.41) is 11.0. The van der Waals surface area contributed by atoms with Crippen molar-refractivity contribution in [3.8, 4) is 39.9 Å². The summed E-state index contributed by atoms with van der Waals surface area (Å²) in [5.41, 5.74) is 4.97. The number of hydrogen-bond donors (Lipinski definition) is 1. The van der Waals surface area contributed by atoms with Crippen molar-refractivity contribution in [3.63, 3.8) is 0 Å². The van der Waals surface area contributed by atoms with Crippen molar-refractivity contribution < 1.29 is 24.1 Å². The summed E-state index contributed by atoms with van der Waals surface area (Å²) in [4.78, 5) is 2.35. The molecule has 0 saturated carbocycles. The van der Waals surface area contributed by atoms with Crippen LogP contribution in [0.3, 0.4) is 0 Å². The Hall–Kier alpha value is -2.60. The van der Waals surface area contributed by atoms with Gasteiger partial charge in [-0.15, -0.1) is 0 Å². The Balaban J connectivity index is 2.16. The van der Waals surface area contributed by atoms with Crippen LogP contribution >= 0.6 is 0 Å². The molecule has 144 valence electrons. The van der Waals surface area contributed by atoms with Crippen molar-refractivity contribution in [1.29, 1.82) is 0 Å². The molecule has 0 saturated heterocycles. The van der Waals surface area contributed by atoms with Crippen LogP contribution in [0.5, 0.6) is 28.7 Å². The van der Waals surface area contributed by atoms with Gasteiger partial charge in [0, 0.05) is 29.3 Å². The first-order chi connectivity index (χ1) is 13.1. The number of ether oxygens (including phenoxy) is 4. The van der Waals surface area contributed by atoms with E-state index < -0.39 is 0 Å². The van der Waals surface area contributed by atoms with Crippen molar-refractivity contribution in [2.45, 2.75) is 18.9 Å². The summed E-state index contributed by atoms with van der Waals surface area (Å²) >= 11 is 0. The zero-order chi connectivity index (χ0) is 19.3. The summed E-state index contributed by atoms with van der Waals surface area (Å²) in [7, 11) is 8.58. The third-order valence-electron chi connectivity index (χ3n) is 5.81. The Morgan fingerprint density at radius 1 is 0.926 bits per heavy atom. The lowest BCUT2D eigenvalue weighted by Gasteiger charge is -2.41. The highest BCUT2D eigenvalue weighted by atomic mass is 16.5. The molecule has 0 radical (unpaired) electrons. The fourth-order valence-corrected chi connectivity index (χ4v) is 4.57. The van der Waals surface area contributed by atoms with Crippen molar-refractivity contribution in [3.05, 3.63) is 28.8 Å². The van der Waals surface area contributed by atoms with Crippen LogP contribution in [0.2, 0.25) is 0 Å². The van der Waals surface area contributed by atoms with Crippen molar-refractivity contribution in [1.82, 2.24) is 4.90 Å². The molecular weight excluding hydrogens is 346 g/mol. The Morgan fingerprint density at radius 3 is 2.26 bits per heavy atom. The van der Waals surface area contributed by atoms with E-state index in [0.717, 1.165) is 53.0 Å². The number of nitrogens with zero attached hydrogens (tertiary/aromatic N) is 1. The van der Waals surface area contributed by atoms with Gasteiger partial charge < -0.3 is 24.1 Å². The molecule has 2 aromatic rings. The Bertz CT molecular complexity index is 908. The minimum absolute atomic E-state index is 0.134. The molecule has 6 nitrogen and oxygen atoms in total. The van der Waals surface area contributed by atoms with Gasteiger partial charge in [-0.25, -0.2) is 0 Å². The number of hydrogen-bond acceptors (Lipinski definition) is 6. The lowest BCUT2D eigenvalue weighted by Crippen LogP contribution is -2.36. The Morgan fingerprint density at radius 2 is 1.63 bits per heavy atom. The van der Waals surface area contributed by atoms with Gasteiger partial charge in [-0.2, -0.15) is 0 Å². The monoisotopic (exact) mass is 371 g/mol. The van der Waals surface area contributed by atoms with Gasteiger partial charge in [-0.1, -0.05) is 6.07 Å². The van der Waals surface area contributed by atoms with Gasteiger partial charge >= 0.3 is 0 Å². The summed E-state index contributed by atoms with van der Waals surface area (Å²) in [6.45, 7) is 0.931. The van der Waals surface area contributed by atoms with Crippen LogP contribution in [0.15, 0.2) is 12.1 Å². The van der Waals surface area contributed by atoms with Gasteiger partial charge in [-0.05, 0) is 37.1 Å². The molecule has 0 amide bonds. The van der Waals surface area contributed by atoms with Crippen LogP contribution in [0, 0.1) is 0 Å². The second-order valence-electron chi connectivity index (χ2n) is 6.97. The highest BCUT2D eigenvalue weighted by Gasteiger charge is 2.40. The average molecular weight is 371 g/mol. The predicted octanol–water partition coefficient (Wildman–Crippen LogP) is 3.18. The Kier molecular flexibility index (Phi) is 4.30. The second kappa shape index (κ2) is 6.53. The molecule has 1 N–H and O–H groups in total. The van der Waals surface area contributed by atoms with E-state index in [1.807, 2.05) is 12.1 Å². The second-order valence-corrected chi connectivity index (χ2v) is 6.97. The van der Waals surface area contributed by atoms with Crippen LogP contribution in [0.1, 0.15) is 22.7 Å². The van der Waals surface area contributed by atoms with Crippen LogP contribution in [0.4, 0.5) is 0 Å². The molecule has 0 unspecified atom stereocenters. The minimum Gasteiger partial charge on any atom is -0.504 e. The number of fused-ring (bicyclic) bond motifs is 2. The summed E-state index contributed by atoms with van der Waals surface area (Å²) in [6, 6.07) is 4.03. The van der Waals surface area contributed by atoms with Gasteiger partial charge in [0.15, 0.2) is 23.0 Å². The van der Waals surface area contributed by atoms with Crippen molar-refractivity contribution in [2.75, 3.05) is 42.0 Å². The van der Waals surface area contributed by atoms with E-state index in [2.05, 4.69) is 11.9 Å². The number of likely N-dealkylation sites (N-methyl/N-ethyl adjacent to an activating group) is 1. The fraction of sp³-hybridized carbons (Fsp3) is 0.429. The molecule has 0 spiro atoms. The molecule has 0 aromatic heterocycles. The van der Waals surface area contributed by atoms with E-state index in [-0.39, 0.29) is 11.8 Å². The standard InChI is InChI=1S/C21H25NO5/c1-22-9-8-12-16-13(22)10-11-6-7-14(24-2)18(23)15(11)17(16)20(26-4)21(27-5)19(12)25-3/h6-7,13,23H,8-10H2,1-5H3/t13-/m0/s1. The van der Waals surface area contributed by atoms with Gasteiger partial charge in [0.05, 0.1) is 28.4 Å². The van der Waals surface area contributed by atoms with Gasteiger partial charge in [0.1, 0.15) is 0 Å². The largest absolute Gasteiger partial charge is 0.504 e. The number of methoxy groups -OCH3 is 4. The van der Waals surface area contributed by atoms with Gasteiger partial charge in [0.25, 0.3) is 0 Å². The first-order valence-electron chi connectivity index (χ1n) is 9.01. The van der Waals surface area contributed by atoms with E-state index in [9.17, 15) is 5.11 Å². The van der Waals surface area contributed by atoms with E-state index in [1.165, 1.54) is 0 Å². The molecule has 0 bridgehead atoms. The summed E-state index contributed by atoms with van der Waals surface area (Å²) < 4.78 is 22.6. The summed E-state index contributed by atoms with van der Waals surface area (Å²) in [6.07, 6.45) is 1.65. The molecule has 1 aliphatic heterocycles. The molecule has 1 aliphatic carbocycles. The van der Waals surface area contributed by atoms with E-state index in [1.54, 1.807) is 28.4 Å². The highest BCUT2D eigenvalue weighted by molar-refractivity contribution is 5.90. The number of phenols is 1. The maximum Gasteiger partial charge on any atom is 0.204 e. The van der Waals surface area contributed by atoms with E-state index in [0.29, 0.717) is 17.2 Å². The molecular formula is C21H25NO5. The summed E-state index contributed by atoms with van der Waals surface area (Å²) in [5.74, 6) is 2.44. The molecule has 1 heterocycles.